The van der Waals surface area contributed by atoms with Crippen molar-refractivity contribution in [2.24, 2.45) is 0 Å². The Morgan fingerprint density at radius 3 is 2.71 bits per heavy atom. The van der Waals surface area contributed by atoms with Crippen LogP contribution in [0.3, 0.4) is 0 Å². The number of carbonyl (C=O) groups is 1. The number of benzene rings is 1. The molecule has 0 spiro atoms. The van der Waals surface area contributed by atoms with Crippen molar-refractivity contribution >= 4 is 29.3 Å². The first-order chi connectivity index (χ1) is 9.92. The van der Waals surface area contributed by atoms with E-state index in [0.29, 0.717) is 26.1 Å². The lowest BCUT2D eigenvalue weighted by molar-refractivity contribution is 0.0691. The molecular formula is C15H11ClN2O2S. The first-order valence-corrected chi connectivity index (χ1v) is 7.21. The third kappa shape index (κ3) is 3.35. The highest BCUT2D eigenvalue weighted by atomic mass is 35.5. The maximum absolute atomic E-state index is 11.4. The molecule has 1 aromatic heterocycles. The van der Waals surface area contributed by atoms with Crippen molar-refractivity contribution in [3.8, 4) is 6.07 Å². The molecule has 4 nitrogen and oxygen atoms in total. The fourth-order valence-electron chi connectivity index (χ4n) is 1.92. The number of nitrogens with zero attached hydrogens (tertiary/aromatic N) is 2. The monoisotopic (exact) mass is 318 g/mol. The van der Waals surface area contributed by atoms with Crippen molar-refractivity contribution in [1.29, 1.82) is 5.26 Å². The summed E-state index contributed by atoms with van der Waals surface area (Å²) in [4.78, 5) is 16.3. The van der Waals surface area contributed by atoms with Crippen molar-refractivity contribution in [2.45, 2.75) is 23.8 Å². The average Bonchev–Trinajstić information content (AvgIpc) is 2.39. The Morgan fingerprint density at radius 2 is 2.10 bits per heavy atom. The third-order valence-electron chi connectivity index (χ3n) is 2.79. The molecule has 0 aliphatic heterocycles. The van der Waals surface area contributed by atoms with E-state index in [-0.39, 0.29) is 5.56 Å². The lowest BCUT2D eigenvalue weighted by Gasteiger charge is -2.10. The SMILES string of the molecule is Cc1cc(C)c(C(=O)O)c(Sc2ccc(Cl)cc2C#N)n1. The van der Waals surface area contributed by atoms with Crippen LogP contribution in [0.1, 0.15) is 27.2 Å². The molecule has 0 aliphatic carbocycles. The Hall–Kier alpha value is -2.03. The Labute approximate surface area is 131 Å². The molecule has 106 valence electrons. The Balaban J connectivity index is 2.54. The molecule has 2 rings (SSSR count). The minimum Gasteiger partial charge on any atom is -0.478 e. The summed E-state index contributed by atoms with van der Waals surface area (Å²) >= 11 is 7.02. The molecule has 1 heterocycles. The number of halogens is 1. The summed E-state index contributed by atoms with van der Waals surface area (Å²) in [5, 5.41) is 19.3. The van der Waals surface area contributed by atoms with Crippen LogP contribution in [-0.2, 0) is 0 Å². The van der Waals surface area contributed by atoms with Crippen LogP contribution in [0.4, 0.5) is 0 Å². The van der Waals surface area contributed by atoms with Gasteiger partial charge >= 0.3 is 5.97 Å². The molecule has 2 aromatic rings. The van der Waals surface area contributed by atoms with E-state index in [4.69, 9.17) is 16.9 Å². The molecule has 0 amide bonds. The summed E-state index contributed by atoms with van der Waals surface area (Å²) < 4.78 is 0. The molecule has 1 aromatic carbocycles. The second kappa shape index (κ2) is 6.17. The smallest absolute Gasteiger partial charge is 0.338 e. The van der Waals surface area contributed by atoms with Crippen LogP contribution in [-0.4, -0.2) is 16.1 Å². The second-order valence-corrected chi connectivity index (χ2v) is 5.89. The number of hydrogen-bond acceptors (Lipinski definition) is 4. The van der Waals surface area contributed by atoms with E-state index in [1.165, 1.54) is 0 Å². The van der Waals surface area contributed by atoms with Crippen LogP contribution in [0.2, 0.25) is 5.02 Å². The number of pyridine rings is 1. The molecule has 0 saturated carbocycles. The Bertz CT molecular complexity index is 769. The van der Waals surface area contributed by atoms with Gasteiger partial charge in [-0.05, 0) is 43.7 Å². The average molecular weight is 319 g/mol. The van der Waals surface area contributed by atoms with Gasteiger partial charge in [0.2, 0.25) is 0 Å². The lowest BCUT2D eigenvalue weighted by atomic mass is 10.1. The van der Waals surface area contributed by atoms with Gasteiger partial charge in [0.1, 0.15) is 11.1 Å². The predicted octanol–water partition coefficient (Wildman–Crippen LogP) is 4.07. The van der Waals surface area contributed by atoms with Crippen molar-refractivity contribution in [1.82, 2.24) is 4.98 Å². The summed E-state index contributed by atoms with van der Waals surface area (Å²) in [5.41, 5.74) is 1.92. The standard InChI is InChI=1S/C15H11ClN2O2S/c1-8-5-9(2)18-14(13(8)15(19)20)21-12-4-3-11(16)6-10(12)7-17/h3-6H,1-2H3,(H,19,20). The highest BCUT2D eigenvalue weighted by Gasteiger charge is 2.18. The van der Waals surface area contributed by atoms with E-state index in [9.17, 15) is 9.90 Å². The van der Waals surface area contributed by atoms with Gasteiger partial charge in [0, 0.05) is 15.6 Å². The first kappa shape index (κ1) is 15.4. The van der Waals surface area contributed by atoms with Crippen LogP contribution in [0.15, 0.2) is 34.2 Å². The van der Waals surface area contributed by atoms with E-state index in [1.807, 2.05) is 0 Å². The lowest BCUT2D eigenvalue weighted by Crippen LogP contribution is -2.05. The largest absolute Gasteiger partial charge is 0.478 e. The molecule has 0 saturated heterocycles. The zero-order chi connectivity index (χ0) is 15.6. The highest BCUT2D eigenvalue weighted by Crippen LogP contribution is 2.34. The molecule has 0 radical (unpaired) electrons. The van der Waals surface area contributed by atoms with Crippen LogP contribution < -0.4 is 0 Å². The molecule has 0 fully saturated rings. The van der Waals surface area contributed by atoms with Gasteiger partial charge in [-0.3, -0.25) is 0 Å². The Kier molecular flexibility index (Phi) is 4.51. The van der Waals surface area contributed by atoms with Gasteiger partial charge in [-0.2, -0.15) is 5.26 Å². The summed E-state index contributed by atoms with van der Waals surface area (Å²) in [6.45, 7) is 3.53. The Morgan fingerprint density at radius 1 is 1.38 bits per heavy atom. The number of aryl methyl sites for hydroxylation is 2. The summed E-state index contributed by atoms with van der Waals surface area (Å²) in [5.74, 6) is -1.03. The van der Waals surface area contributed by atoms with Crippen molar-refractivity contribution in [3.63, 3.8) is 0 Å². The maximum Gasteiger partial charge on any atom is 0.338 e. The van der Waals surface area contributed by atoms with Crippen LogP contribution in [0, 0.1) is 25.2 Å². The zero-order valence-electron chi connectivity index (χ0n) is 11.3. The summed E-state index contributed by atoms with van der Waals surface area (Å²) in [7, 11) is 0. The van der Waals surface area contributed by atoms with Gasteiger partial charge in [-0.1, -0.05) is 23.4 Å². The number of hydrogen-bond donors (Lipinski definition) is 1. The number of aromatic nitrogens is 1. The van der Waals surface area contributed by atoms with Gasteiger partial charge in [0.15, 0.2) is 0 Å². The topological polar surface area (TPSA) is 74.0 Å². The predicted molar refractivity (Wildman–Crippen MR) is 81.0 cm³/mol. The van der Waals surface area contributed by atoms with Crippen LogP contribution >= 0.6 is 23.4 Å². The molecule has 0 unspecified atom stereocenters. The maximum atomic E-state index is 11.4. The highest BCUT2D eigenvalue weighted by molar-refractivity contribution is 7.99. The van der Waals surface area contributed by atoms with Crippen molar-refractivity contribution in [3.05, 3.63) is 51.7 Å². The van der Waals surface area contributed by atoms with Gasteiger partial charge < -0.3 is 5.11 Å². The molecular weight excluding hydrogens is 308 g/mol. The number of rotatable bonds is 3. The van der Waals surface area contributed by atoms with Crippen molar-refractivity contribution in [2.75, 3.05) is 0 Å². The van der Waals surface area contributed by atoms with Gasteiger partial charge in [0.05, 0.1) is 11.1 Å². The van der Waals surface area contributed by atoms with E-state index < -0.39 is 5.97 Å². The van der Waals surface area contributed by atoms with E-state index in [2.05, 4.69) is 11.1 Å². The van der Waals surface area contributed by atoms with E-state index >= 15 is 0 Å². The fourth-order valence-corrected chi connectivity index (χ4v) is 3.19. The molecule has 0 bridgehead atoms. The van der Waals surface area contributed by atoms with Crippen molar-refractivity contribution < 1.29 is 9.90 Å². The molecule has 6 heteroatoms. The van der Waals surface area contributed by atoms with Gasteiger partial charge in [0.25, 0.3) is 0 Å². The third-order valence-corrected chi connectivity index (χ3v) is 4.09. The number of carboxylic acids is 1. The molecule has 1 N–H and O–H groups in total. The fraction of sp³-hybridized carbons (Fsp3) is 0.133. The second-order valence-electron chi connectivity index (χ2n) is 4.42. The number of nitriles is 1. The summed E-state index contributed by atoms with van der Waals surface area (Å²) in [6, 6.07) is 8.68. The molecule has 21 heavy (non-hydrogen) atoms. The number of aromatic carboxylic acids is 1. The van der Waals surface area contributed by atoms with Gasteiger partial charge in [-0.25, -0.2) is 9.78 Å². The van der Waals surface area contributed by atoms with Crippen LogP contribution in [0.5, 0.6) is 0 Å². The van der Waals surface area contributed by atoms with E-state index in [1.54, 1.807) is 38.1 Å². The normalized spacial score (nSPS) is 10.2. The van der Waals surface area contributed by atoms with E-state index in [0.717, 1.165) is 17.5 Å². The van der Waals surface area contributed by atoms with Gasteiger partial charge in [-0.15, -0.1) is 0 Å². The molecule has 0 atom stereocenters. The first-order valence-electron chi connectivity index (χ1n) is 6.01. The quantitative estimate of drug-likeness (QED) is 0.923. The molecule has 0 aliphatic rings. The summed E-state index contributed by atoms with van der Waals surface area (Å²) in [6.07, 6.45) is 0. The minimum absolute atomic E-state index is 0.157. The minimum atomic E-state index is -1.03. The zero-order valence-corrected chi connectivity index (χ0v) is 12.9. The van der Waals surface area contributed by atoms with Crippen LogP contribution in [0.25, 0.3) is 0 Å². The number of carboxylic acid groups (broad SMARTS) is 1.